The highest BCUT2D eigenvalue weighted by Crippen LogP contribution is 2.12. The predicted octanol–water partition coefficient (Wildman–Crippen LogP) is 1.39. The first kappa shape index (κ1) is 17.8. The van der Waals surface area contributed by atoms with Crippen LogP contribution in [0.15, 0.2) is 17.4 Å². The molecule has 0 aromatic carbocycles. The highest BCUT2D eigenvalue weighted by Gasteiger charge is 2.21. The monoisotopic (exact) mass is 320 g/mol. The van der Waals surface area contributed by atoms with E-state index in [4.69, 9.17) is 0 Å². The van der Waals surface area contributed by atoms with Crippen molar-refractivity contribution in [1.82, 2.24) is 25.3 Å². The van der Waals surface area contributed by atoms with Crippen molar-refractivity contribution < 1.29 is 0 Å². The molecule has 0 bridgehead atoms. The normalized spacial score (nSPS) is 17.7. The molecule has 2 heterocycles. The molecular weight excluding hydrogens is 288 g/mol. The van der Waals surface area contributed by atoms with Gasteiger partial charge in [-0.05, 0) is 45.1 Å². The molecule has 0 atom stereocenters. The van der Waals surface area contributed by atoms with Crippen molar-refractivity contribution in [2.45, 2.75) is 51.6 Å². The van der Waals surface area contributed by atoms with Crippen LogP contribution in [0.3, 0.4) is 0 Å². The SMILES string of the molecule is CN=C(NCCCc1cnn(C)c1)NC1CCN(C(C)C)CC1. The lowest BCUT2D eigenvalue weighted by molar-refractivity contribution is 0.167. The molecule has 130 valence electrons. The van der Waals surface area contributed by atoms with E-state index in [9.17, 15) is 0 Å². The van der Waals surface area contributed by atoms with Crippen LogP contribution in [0.25, 0.3) is 0 Å². The van der Waals surface area contributed by atoms with Crippen LogP contribution < -0.4 is 10.6 Å². The summed E-state index contributed by atoms with van der Waals surface area (Å²) in [5, 5.41) is 11.2. The third-order valence-electron chi connectivity index (χ3n) is 4.52. The second kappa shape index (κ2) is 8.91. The standard InChI is InChI=1S/C17H32N6/c1-14(2)23-10-7-16(8-11-23)21-17(18-3)19-9-5-6-15-12-20-22(4)13-15/h12-14,16H,5-11H2,1-4H3,(H2,18,19,21). The summed E-state index contributed by atoms with van der Waals surface area (Å²) in [6, 6.07) is 1.19. The van der Waals surface area contributed by atoms with E-state index in [1.165, 1.54) is 31.5 Å². The van der Waals surface area contributed by atoms with Gasteiger partial charge >= 0.3 is 0 Å². The van der Waals surface area contributed by atoms with Gasteiger partial charge in [0.05, 0.1) is 6.20 Å². The molecule has 2 rings (SSSR count). The predicted molar refractivity (Wildman–Crippen MR) is 95.8 cm³/mol. The summed E-state index contributed by atoms with van der Waals surface area (Å²) < 4.78 is 1.85. The number of hydrogen-bond donors (Lipinski definition) is 2. The molecule has 1 aliphatic heterocycles. The summed E-state index contributed by atoms with van der Waals surface area (Å²) >= 11 is 0. The Morgan fingerprint density at radius 1 is 1.39 bits per heavy atom. The number of aryl methyl sites for hydroxylation is 2. The minimum atomic E-state index is 0.537. The van der Waals surface area contributed by atoms with Crippen LogP contribution in [0, 0.1) is 0 Å². The van der Waals surface area contributed by atoms with Crippen LogP contribution in [0.5, 0.6) is 0 Å². The molecule has 6 nitrogen and oxygen atoms in total. The van der Waals surface area contributed by atoms with Gasteiger partial charge in [-0.1, -0.05) is 0 Å². The van der Waals surface area contributed by atoms with Gasteiger partial charge in [0.25, 0.3) is 0 Å². The Labute approximate surface area is 140 Å². The van der Waals surface area contributed by atoms with E-state index in [1.807, 2.05) is 25.0 Å². The lowest BCUT2D eigenvalue weighted by atomic mass is 10.0. The van der Waals surface area contributed by atoms with Crippen LogP contribution >= 0.6 is 0 Å². The van der Waals surface area contributed by atoms with Gasteiger partial charge in [0.15, 0.2) is 5.96 Å². The van der Waals surface area contributed by atoms with Gasteiger partial charge in [-0.25, -0.2) is 0 Å². The molecule has 1 aliphatic rings. The van der Waals surface area contributed by atoms with E-state index < -0.39 is 0 Å². The summed E-state index contributed by atoms with van der Waals surface area (Å²) in [7, 11) is 3.80. The highest BCUT2D eigenvalue weighted by atomic mass is 15.2. The first-order valence-corrected chi connectivity index (χ1v) is 8.77. The Kier molecular flexibility index (Phi) is 6.89. The Morgan fingerprint density at radius 2 is 2.13 bits per heavy atom. The van der Waals surface area contributed by atoms with Crippen LogP contribution in [-0.2, 0) is 13.5 Å². The smallest absolute Gasteiger partial charge is 0.191 e. The van der Waals surface area contributed by atoms with Crippen molar-refractivity contribution in [3.05, 3.63) is 18.0 Å². The van der Waals surface area contributed by atoms with E-state index in [2.05, 4.69) is 45.7 Å². The number of guanidine groups is 1. The molecule has 0 amide bonds. The number of likely N-dealkylation sites (tertiary alicyclic amines) is 1. The number of rotatable bonds is 6. The van der Waals surface area contributed by atoms with Crippen molar-refractivity contribution in [2.24, 2.45) is 12.0 Å². The van der Waals surface area contributed by atoms with Gasteiger partial charge in [-0.3, -0.25) is 9.67 Å². The Hall–Kier alpha value is -1.56. The average Bonchev–Trinajstić information content (AvgIpc) is 2.96. The molecular formula is C17H32N6. The van der Waals surface area contributed by atoms with E-state index in [-0.39, 0.29) is 0 Å². The number of nitrogens with one attached hydrogen (secondary N) is 2. The third kappa shape index (κ3) is 5.86. The van der Waals surface area contributed by atoms with Gasteiger partial charge in [0.1, 0.15) is 0 Å². The largest absolute Gasteiger partial charge is 0.356 e. The van der Waals surface area contributed by atoms with Gasteiger partial charge in [-0.2, -0.15) is 5.10 Å². The van der Waals surface area contributed by atoms with Gasteiger partial charge in [0.2, 0.25) is 0 Å². The maximum absolute atomic E-state index is 4.35. The first-order valence-electron chi connectivity index (χ1n) is 8.77. The molecule has 1 saturated heterocycles. The van der Waals surface area contributed by atoms with Gasteiger partial charge in [0, 0.05) is 52.0 Å². The van der Waals surface area contributed by atoms with E-state index in [0.29, 0.717) is 12.1 Å². The molecule has 0 radical (unpaired) electrons. The van der Waals surface area contributed by atoms with Crippen LogP contribution in [0.2, 0.25) is 0 Å². The highest BCUT2D eigenvalue weighted by molar-refractivity contribution is 5.79. The van der Waals surface area contributed by atoms with Gasteiger partial charge < -0.3 is 15.5 Å². The van der Waals surface area contributed by atoms with Crippen LogP contribution in [0.4, 0.5) is 0 Å². The molecule has 6 heteroatoms. The molecule has 1 fully saturated rings. The summed E-state index contributed by atoms with van der Waals surface area (Å²) in [5.74, 6) is 0.930. The molecule has 0 unspecified atom stereocenters. The minimum absolute atomic E-state index is 0.537. The summed E-state index contributed by atoms with van der Waals surface area (Å²) in [6.45, 7) is 7.83. The van der Waals surface area contributed by atoms with Crippen molar-refractivity contribution in [1.29, 1.82) is 0 Å². The number of aromatic nitrogens is 2. The van der Waals surface area contributed by atoms with E-state index in [1.54, 1.807) is 0 Å². The Morgan fingerprint density at radius 3 is 2.70 bits per heavy atom. The van der Waals surface area contributed by atoms with Crippen molar-refractivity contribution in [2.75, 3.05) is 26.7 Å². The molecule has 1 aromatic heterocycles. The molecule has 0 spiro atoms. The van der Waals surface area contributed by atoms with Crippen LogP contribution in [0.1, 0.15) is 38.7 Å². The van der Waals surface area contributed by atoms with Crippen molar-refractivity contribution in [3.8, 4) is 0 Å². The fourth-order valence-corrected chi connectivity index (χ4v) is 3.05. The molecule has 0 saturated carbocycles. The molecule has 23 heavy (non-hydrogen) atoms. The zero-order valence-electron chi connectivity index (χ0n) is 15.0. The second-order valence-electron chi connectivity index (χ2n) is 6.67. The summed E-state index contributed by atoms with van der Waals surface area (Å²) in [5.41, 5.74) is 1.29. The fourth-order valence-electron chi connectivity index (χ4n) is 3.05. The lowest BCUT2D eigenvalue weighted by Crippen LogP contribution is -2.50. The van der Waals surface area contributed by atoms with Crippen LogP contribution in [-0.4, -0.2) is 59.4 Å². The lowest BCUT2D eigenvalue weighted by Gasteiger charge is -2.35. The molecule has 2 N–H and O–H groups in total. The zero-order valence-corrected chi connectivity index (χ0v) is 15.0. The molecule has 1 aromatic rings. The van der Waals surface area contributed by atoms with E-state index >= 15 is 0 Å². The number of aliphatic imine (C=N–C) groups is 1. The summed E-state index contributed by atoms with van der Waals surface area (Å²) in [6.07, 6.45) is 8.52. The van der Waals surface area contributed by atoms with Crippen molar-refractivity contribution in [3.63, 3.8) is 0 Å². The topological polar surface area (TPSA) is 57.5 Å². The summed E-state index contributed by atoms with van der Waals surface area (Å²) in [4.78, 5) is 6.89. The first-order chi connectivity index (χ1) is 11.1. The second-order valence-corrected chi connectivity index (χ2v) is 6.67. The minimum Gasteiger partial charge on any atom is -0.356 e. The Balaban J connectivity index is 1.64. The Bertz CT molecular complexity index is 485. The number of nitrogens with zero attached hydrogens (tertiary/aromatic N) is 4. The average molecular weight is 320 g/mol. The molecule has 0 aliphatic carbocycles. The van der Waals surface area contributed by atoms with E-state index in [0.717, 1.165) is 25.3 Å². The maximum Gasteiger partial charge on any atom is 0.191 e. The zero-order chi connectivity index (χ0) is 16.7. The number of hydrogen-bond acceptors (Lipinski definition) is 3. The number of piperidine rings is 1. The van der Waals surface area contributed by atoms with Gasteiger partial charge in [-0.15, -0.1) is 0 Å². The quantitative estimate of drug-likeness (QED) is 0.472. The fraction of sp³-hybridized carbons (Fsp3) is 0.765. The third-order valence-corrected chi connectivity index (χ3v) is 4.52. The maximum atomic E-state index is 4.35. The van der Waals surface area contributed by atoms with Crippen molar-refractivity contribution >= 4 is 5.96 Å².